The molecule has 2 atom stereocenters. The van der Waals surface area contributed by atoms with Gasteiger partial charge in [0, 0.05) is 48.5 Å². The van der Waals surface area contributed by atoms with Crippen molar-refractivity contribution in [3.8, 4) is 11.4 Å². The van der Waals surface area contributed by atoms with Crippen LogP contribution in [0.2, 0.25) is 0 Å². The highest BCUT2D eigenvalue weighted by Gasteiger charge is 2.13. The van der Waals surface area contributed by atoms with Gasteiger partial charge in [0.15, 0.2) is 5.82 Å². The molecule has 3 aromatic rings. The monoisotopic (exact) mass is 307 g/mol. The van der Waals surface area contributed by atoms with Crippen LogP contribution in [0.3, 0.4) is 0 Å². The van der Waals surface area contributed by atoms with E-state index in [4.69, 9.17) is 0 Å². The van der Waals surface area contributed by atoms with E-state index in [2.05, 4.69) is 34.2 Å². The largest absolute Gasteiger partial charge is 0.308 e. The summed E-state index contributed by atoms with van der Waals surface area (Å²) in [5.74, 6) is 0.757. The van der Waals surface area contributed by atoms with Gasteiger partial charge in [-0.1, -0.05) is 30.3 Å². The van der Waals surface area contributed by atoms with Crippen molar-refractivity contribution in [2.75, 3.05) is 0 Å². The summed E-state index contributed by atoms with van der Waals surface area (Å²) < 4.78 is 1.96. The Morgan fingerprint density at radius 2 is 1.78 bits per heavy atom. The second-order valence-corrected chi connectivity index (χ2v) is 5.68. The summed E-state index contributed by atoms with van der Waals surface area (Å²) in [7, 11) is 0. The Labute approximate surface area is 136 Å². The first-order valence-corrected chi connectivity index (χ1v) is 7.83. The molecule has 0 aliphatic rings. The van der Waals surface area contributed by atoms with E-state index in [0.29, 0.717) is 6.04 Å². The van der Waals surface area contributed by atoms with Gasteiger partial charge in [-0.25, -0.2) is 9.97 Å². The smallest absolute Gasteiger partial charge is 0.159 e. The molecule has 118 valence electrons. The van der Waals surface area contributed by atoms with Crippen molar-refractivity contribution in [1.82, 2.24) is 25.1 Å². The molecule has 0 unspecified atom stereocenters. The van der Waals surface area contributed by atoms with E-state index in [1.165, 1.54) is 0 Å². The van der Waals surface area contributed by atoms with Gasteiger partial charge in [0.2, 0.25) is 0 Å². The summed E-state index contributed by atoms with van der Waals surface area (Å²) in [5.41, 5.74) is 2.11. The van der Waals surface area contributed by atoms with Gasteiger partial charge in [0.1, 0.15) is 0 Å². The Morgan fingerprint density at radius 3 is 2.43 bits per heavy atom. The van der Waals surface area contributed by atoms with Crippen molar-refractivity contribution in [2.24, 2.45) is 0 Å². The SMILES string of the molecule is C[C@H]([C@@H](C)NCc1cnc(-c2ccccc2)nc1)n1cccn1. The lowest BCUT2D eigenvalue weighted by Gasteiger charge is -2.21. The lowest BCUT2D eigenvalue weighted by Crippen LogP contribution is -2.33. The molecular formula is C18H21N5. The van der Waals surface area contributed by atoms with E-state index in [-0.39, 0.29) is 6.04 Å². The summed E-state index contributed by atoms with van der Waals surface area (Å²) in [5, 5.41) is 7.79. The minimum Gasteiger partial charge on any atom is -0.308 e. The molecule has 0 radical (unpaired) electrons. The van der Waals surface area contributed by atoms with E-state index in [9.17, 15) is 0 Å². The fourth-order valence-corrected chi connectivity index (χ4v) is 2.38. The normalized spacial score (nSPS) is 13.7. The van der Waals surface area contributed by atoms with Crippen LogP contribution in [0.25, 0.3) is 11.4 Å². The summed E-state index contributed by atoms with van der Waals surface area (Å²) >= 11 is 0. The van der Waals surface area contributed by atoms with Crippen molar-refractivity contribution >= 4 is 0 Å². The number of nitrogens with one attached hydrogen (secondary N) is 1. The molecule has 2 aromatic heterocycles. The first-order chi connectivity index (χ1) is 11.2. The predicted octanol–water partition coefficient (Wildman–Crippen LogP) is 3.08. The highest BCUT2D eigenvalue weighted by Crippen LogP contribution is 2.14. The molecule has 0 amide bonds. The maximum absolute atomic E-state index is 4.45. The number of aromatic nitrogens is 4. The van der Waals surface area contributed by atoms with Crippen LogP contribution in [0.1, 0.15) is 25.5 Å². The van der Waals surface area contributed by atoms with E-state index in [1.807, 2.05) is 59.7 Å². The van der Waals surface area contributed by atoms with Gasteiger partial charge in [0.05, 0.1) is 6.04 Å². The van der Waals surface area contributed by atoms with Crippen molar-refractivity contribution in [3.63, 3.8) is 0 Å². The maximum Gasteiger partial charge on any atom is 0.159 e. The van der Waals surface area contributed by atoms with Gasteiger partial charge in [0.25, 0.3) is 0 Å². The molecule has 1 aromatic carbocycles. The Morgan fingerprint density at radius 1 is 1.04 bits per heavy atom. The van der Waals surface area contributed by atoms with Crippen LogP contribution in [0, 0.1) is 0 Å². The number of nitrogens with zero attached hydrogens (tertiary/aromatic N) is 4. The van der Waals surface area contributed by atoms with Crippen LogP contribution in [0.15, 0.2) is 61.2 Å². The average molecular weight is 307 g/mol. The standard InChI is InChI=1S/C18H21N5/c1-14(15(2)23-10-6-9-22-23)19-11-16-12-20-18(21-13-16)17-7-4-3-5-8-17/h3-10,12-15,19H,11H2,1-2H3/t14-,15-/m1/s1. The molecule has 0 bridgehead atoms. The molecule has 0 saturated heterocycles. The Hall–Kier alpha value is -2.53. The molecule has 0 spiro atoms. The van der Waals surface area contributed by atoms with Gasteiger partial charge in [-0.05, 0) is 19.9 Å². The summed E-state index contributed by atoms with van der Waals surface area (Å²) in [6.07, 6.45) is 7.56. The summed E-state index contributed by atoms with van der Waals surface area (Å²) in [4.78, 5) is 8.91. The molecule has 2 heterocycles. The van der Waals surface area contributed by atoms with Crippen molar-refractivity contribution in [2.45, 2.75) is 32.5 Å². The molecule has 1 N–H and O–H groups in total. The van der Waals surface area contributed by atoms with E-state index >= 15 is 0 Å². The fourth-order valence-electron chi connectivity index (χ4n) is 2.38. The van der Waals surface area contributed by atoms with Gasteiger partial charge in [-0.2, -0.15) is 5.10 Å². The third kappa shape index (κ3) is 3.81. The molecular weight excluding hydrogens is 286 g/mol. The Kier molecular flexibility index (Phi) is 4.78. The Bertz CT molecular complexity index is 707. The van der Waals surface area contributed by atoms with Gasteiger partial charge in [-0.3, -0.25) is 4.68 Å². The predicted molar refractivity (Wildman–Crippen MR) is 90.7 cm³/mol. The second-order valence-electron chi connectivity index (χ2n) is 5.68. The van der Waals surface area contributed by atoms with Crippen LogP contribution in [-0.2, 0) is 6.54 Å². The van der Waals surface area contributed by atoms with Crippen LogP contribution in [0.5, 0.6) is 0 Å². The highest BCUT2D eigenvalue weighted by molar-refractivity contribution is 5.53. The number of hydrogen-bond donors (Lipinski definition) is 1. The maximum atomic E-state index is 4.45. The summed E-state index contributed by atoms with van der Waals surface area (Å²) in [6.45, 7) is 5.05. The van der Waals surface area contributed by atoms with E-state index < -0.39 is 0 Å². The summed E-state index contributed by atoms with van der Waals surface area (Å²) in [6, 6.07) is 12.5. The van der Waals surface area contributed by atoms with Gasteiger partial charge in [-0.15, -0.1) is 0 Å². The molecule has 5 nitrogen and oxygen atoms in total. The van der Waals surface area contributed by atoms with Crippen molar-refractivity contribution < 1.29 is 0 Å². The van der Waals surface area contributed by atoms with Crippen LogP contribution >= 0.6 is 0 Å². The lowest BCUT2D eigenvalue weighted by atomic mass is 10.1. The van der Waals surface area contributed by atoms with Crippen LogP contribution in [-0.4, -0.2) is 25.8 Å². The first-order valence-electron chi connectivity index (χ1n) is 7.83. The quantitative estimate of drug-likeness (QED) is 0.760. The van der Waals surface area contributed by atoms with Crippen LogP contribution < -0.4 is 5.32 Å². The van der Waals surface area contributed by atoms with Crippen molar-refractivity contribution in [1.29, 1.82) is 0 Å². The van der Waals surface area contributed by atoms with Crippen LogP contribution in [0.4, 0.5) is 0 Å². The topological polar surface area (TPSA) is 55.6 Å². The molecule has 3 rings (SSSR count). The average Bonchev–Trinajstić information content (AvgIpc) is 3.15. The second kappa shape index (κ2) is 7.15. The first kappa shape index (κ1) is 15.4. The molecule has 0 aliphatic carbocycles. The third-order valence-electron chi connectivity index (χ3n) is 4.03. The zero-order valence-corrected chi connectivity index (χ0v) is 13.4. The molecule has 0 aliphatic heterocycles. The zero-order chi connectivity index (χ0) is 16.1. The number of benzene rings is 1. The molecule has 0 fully saturated rings. The highest BCUT2D eigenvalue weighted by atomic mass is 15.3. The minimum atomic E-state index is 0.287. The lowest BCUT2D eigenvalue weighted by molar-refractivity contribution is 0.365. The molecule has 23 heavy (non-hydrogen) atoms. The molecule has 5 heteroatoms. The number of hydrogen-bond acceptors (Lipinski definition) is 4. The van der Waals surface area contributed by atoms with E-state index in [0.717, 1.165) is 23.5 Å². The fraction of sp³-hybridized carbons (Fsp3) is 0.278. The third-order valence-corrected chi connectivity index (χ3v) is 4.03. The zero-order valence-electron chi connectivity index (χ0n) is 13.4. The molecule has 0 saturated carbocycles. The van der Waals surface area contributed by atoms with Gasteiger partial charge >= 0.3 is 0 Å². The Balaban J connectivity index is 1.58. The minimum absolute atomic E-state index is 0.287. The van der Waals surface area contributed by atoms with Gasteiger partial charge < -0.3 is 5.32 Å². The van der Waals surface area contributed by atoms with E-state index in [1.54, 1.807) is 6.20 Å². The van der Waals surface area contributed by atoms with Crippen molar-refractivity contribution in [3.05, 3.63) is 66.7 Å². The number of rotatable bonds is 6.